The summed E-state index contributed by atoms with van der Waals surface area (Å²) in [5.41, 5.74) is 1.46. The van der Waals surface area contributed by atoms with Crippen LogP contribution in [-0.4, -0.2) is 41.5 Å². The second kappa shape index (κ2) is 11.6. The van der Waals surface area contributed by atoms with Gasteiger partial charge in [-0.3, -0.25) is 19.3 Å². The van der Waals surface area contributed by atoms with Crippen LogP contribution in [-0.2, 0) is 9.59 Å². The minimum Gasteiger partial charge on any atom is -0.508 e. The Hall–Kier alpha value is -4.33. The molecule has 1 aliphatic heterocycles. The van der Waals surface area contributed by atoms with Gasteiger partial charge in [0, 0.05) is 17.3 Å². The average Bonchev–Trinajstić information content (AvgIpc) is 2.96. The number of hydrogen-bond acceptors (Lipinski definition) is 6. The molecule has 2 atom stereocenters. The van der Waals surface area contributed by atoms with Gasteiger partial charge in [0.2, 0.25) is 12.0 Å². The lowest BCUT2D eigenvalue weighted by atomic mass is 9.94. The number of nitrogens with zero attached hydrogens (tertiary/aromatic N) is 1. The summed E-state index contributed by atoms with van der Waals surface area (Å²) in [6.45, 7) is 1.45. The van der Waals surface area contributed by atoms with Crippen molar-refractivity contribution in [2.24, 2.45) is 0 Å². The summed E-state index contributed by atoms with van der Waals surface area (Å²) >= 11 is 0. The number of hydrogen-bond donors (Lipinski definition) is 2. The summed E-state index contributed by atoms with van der Waals surface area (Å²) in [6, 6.07) is 18.9. The maximum atomic E-state index is 14.2. The smallest absolute Gasteiger partial charge is 0.272 e. The lowest BCUT2D eigenvalue weighted by molar-refractivity contribution is -0.132. The van der Waals surface area contributed by atoms with Crippen LogP contribution in [0.3, 0.4) is 0 Å². The van der Waals surface area contributed by atoms with E-state index in [1.807, 2.05) is 6.07 Å². The number of aromatic hydroxyl groups is 1. The molecule has 1 heterocycles. The van der Waals surface area contributed by atoms with Gasteiger partial charge in [-0.25, -0.2) is 0 Å². The molecule has 0 spiro atoms. The summed E-state index contributed by atoms with van der Waals surface area (Å²) in [7, 11) is 0. The van der Waals surface area contributed by atoms with Crippen molar-refractivity contribution in [1.29, 1.82) is 0 Å². The van der Waals surface area contributed by atoms with Crippen LogP contribution in [0.5, 0.6) is 17.2 Å². The summed E-state index contributed by atoms with van der Waals surface area (Å²) in [5.74, 6) is 0.149. The van der Waals surface area contributed by atoms with Crippen LogP contribution < -0.4 is 19.7 Å². The predicted molar refractivity (Wildman–Crippen MR) is 146 cm³/mol. The number of anilines is 1. The number of nitrogens with one attached hydrogen (secondary N) is 1. The van der Waals surface area contributed by atoms with E-state index in [0.717, 1.165) is 32.1 Å². The van der Waals surface area contributed by atoms with Gasteiger partial charge in [-0.15, -0.1) is 0 Å². The highest BCUT2D eigenvalue weighted by Gasteiger charge is 2.39. The first-order chi connectivity index (χ1) is 18.9. The molecule has 8 nitrogen and oxygen atoms in total. The highest BCUT2D eigenvalue weighted by molar-refractivity contribution is 6.04. The van der Waals surface area contributed by atoms with E-state index < -0.39 is 18.1 Å². The van der Waals surface area contributed by atoms with E-state index >= 15 is 0 Å². The van der Waals surface area contributed by atoms with Crippen molar-refractivity contribution in [2.75, 3.05) is 11.5 Å². The molecule has 2 amide bonds. The lowest BCUT2D eigenvalue weighted by Gasteiger charge is -2.36. The Morgan fingerprint density at radius 2 is 1.56 bits per heavy atom. The number of fused-ring (bicyclic) bond motifs is 1. The summed E-state index contributed by atoms with van der Waals surface area (Å²) in [5, 5.41) is 13.1. The Kier molecular flexibility index (Phi) is 7.81. The first kappa shape index (κ1) is 26.3. The van der Waals surface area contributed by atoms with Crippen molar-refractivity contribution >= 4 is 23.3 Å². The molecule has 0 saturated heterocycles. The van der Waals surface area contributed by atoms with Crippen LogP contribution >= 0.6 is 0 Å². The second-order valence-electron chi connectivity index (χ2n) is 10.0. The van der Waals surface area contributed by atoms with Crippen LogP contribution in [0, 0.1) is 0 Å². The third-order valence-corrected chi connectivity index (χ3v) is 7.24. The number of ether oxygens (including phenoxy) is 2. The number of amides is 2. The quantitative estimate of drug-likeness (QED) is 0.420. The average molecular weight is 529 g/mol. The first-order valence-corrected chi connectivity index (χ1v) is 13.3. The monoisotopic (exact) mass is 528 g/mol. The normalized spacial score (nSPS) is 17.6. The SMILES string of the molecule is CC(=O)c1ccc(N(C(=O)[C@H]2COc3ccccc3O2)[C@@H](C(=O)NC2CCCCC2)c2ccc(O)cc2)cc1. The summed E-state index contributed by atoms with van der Waals surface area (Å²) in [6.07, 6.45) is 3.97. The van der Waals surface area contributed by atoms with Crippen molar-refractivity contribution in [1.82, 2.24) is 5.32 Å². The van der Waals surface area contributed by atoms with Gasteiger partial charge in [0.25, 0.3) is 5.91 Å². The molecule has 0 bridgehead atoms. The van der Waals surface area contributed by atoms with E-state index in [1.165, 1.54) is 24.0 Å². The van der Waals surface area contributed by atoms with Gasteiger partial charge < -0.3 is 19.9 Å². The minimum absolute atomic E-state index is 0.0176. The molecule has 0 aromatic heterocycles. The fraction of sp³-hybridized carbons (Fsp3) is 0.323. The zero-order valence-corrected chi connectivity index (χ0v) is 21.8. The Morgan fingerprint density at radius 3 is 2.23 bits per heavy atom. The van der Waals surface area contributed by atoms with Crippen molar-refractivity contribution in [2.45, 2.75) is 57.2 Å². The number of carbonyl (C=O) groups is 3. The molecule has 2 N–H and O–H groups in total. The Balaban J connectivity index is 1.55. The Bertz CT molecular complexity index is 1330. The zero-order chi connectivity index (χ0) is 27.4. The zero-order valence-electron chi connectivity index (χ0n) is 21.8. The number of rotatable bonds is 7. The summed E-state index contributed by atoms with van der Waals surface area (Å²) in [4.78, 5) is 41.6. The molecule has 1 saturated carbocycles. The van der Waals surface area contributed by atoms with Crippen LogP contribution in [0.1, 0.15) is 61.0 Å². The second-order valence-corrected chi connectivity index (χ2v) is 10.0. The van der Waals surface area contributed by atoms with Gasteiger partial charge in [-0.05, 0) is 73.9 Å². The van der Waals surface area contributed by atoms with E-state index in [0.29, 0.717) is 28.3 Å². The van der Waals surface area contributed by atoms with Crippen LogP contribution in [0.15, 0.2) is 72.8 Å². The van der Waals surface area contributed by atoms with Crippen molar-refractivity contribution in [3.8, 4) is 17.2 Å². The number of ketones is 1. The molecule has 0 radical (unpaired) electrons. The van der Waals surface area contributed by atoms with Gasteiger partial charge in [0.15, 0.2) is 17.3 Å². The van der Waals surface area contributed by atoms with Crippen molar-refractivity contribution in [3.05, 3.63) is 83.9 Å². The minimum atomic E-state index is -1.05. The third kappa shape index (κ3) is 5.90. The number of phenolic OH excluding ortho intramolecular Hbond substituents is 1. The fourth-order valence-corrected chi connectivity index (χ4v) is 5.16. The predicted octanol–water partition coefficient (Wildman–Crippen LogP) is 4.96. The molecular weight excluding hydrogens is 496 g/mol. The molecule has 202 valence electrons. The third-order valence-electron chi connectivity index (χ3n) is 7.24. The van der Waals surface area contributed by atoms with Crippen LogP contribution in [0.25, 0.3) is 0 Å². The molecule has 8 heteroatoms. The molecule has 2 aliphatic rings. The van der Waals surface area contributed by atoms with Gasteiger partial charge in [-0.1, -0.05) is 43.5 Å². The van der Waals surface area contributed by atoms with Crippen LogP contribution in [0.2, 0.25) is 0 Å². The van der Waals surface area contributed by atoms with E-state index in [-0.39, 0.29) is 30.1 Å². The topological polar surface area (TPSA) is 105 Å². The summed E-state index contributed by atoms with van der Waals surface area (Å²) < 4.78 is 11.9. The van der Waals surface area contributed by atoms with Crippen molar-refractivity contribution < 1.29 is 29.0 Å². The molecule has 0 unspecified atom stereocenters. The molecule has 1 fully saturated rings. The van der Waals surface area contributed by atoms with Gasteiger partial charge in [0.1, 0.15) is 18.4 Å². The standard InChI is InChI=1S/C31H32N2O6/c1-20(34)21-11-15-24(16-12-21)33(31(37)28-19-38-26-9-5-6-10-27(26)39-28)29(22-13-17-25(35)18-14-22)30(36)32-23-7-3-2-4-8-23/h5-6,9-18,23,28-29,35H,2-4,7-8,19H2,1H3,(H,32,36)/t28-,29-/m1/s1. The number of phenols is 1. The lowest BCUT2D eigenvalue weighted by Crippen LogP contribution is -2.52. The number of benzene rings is 3. The maximum absolute atomic E-state index is 14.2. The highest BCUT2D eigenvalue weighted by atomic mass is 16.6. The molecule has 1 aliphatic carbocycles. The van der Waals surface area contributed by atoms with Crippen molar-refractivity contribution in [3.63, 3.8) is 0 Å². The largest absolute Gasteiger partial charge is 0.508 e. The molecule has 3 aromatic carbocycles. The number of para-hydroxylation sites is 2. The van der Waals surface area contributed by atoms with E-state index in [9.17, 15) is 19.5 Å². The molecule has 39 heavy (non-hydrogen) atoms. The number of carbonyl (C=O) groups excluding carboxylic acids is 3. The Labute approximate surface area is 227 Å². The van der Waals surface area contributed by atoms with Gasteiger partial charge in [0.05, 0.1) is 0 Å². The first-order valence-electron chi connectivity index (χ1n) is 13.3. The van der Waals surface area contributed by atoms with Gasteiger partial charge in [-0.2, -0.15) is 0 Å². The number of Topliss-reactive ketones (excluding diaryl/α,β-unsaturated/α-hetero) is 1. The highest BCUT2D eigenvalue weighted by Crippen LogP contribution is 2.35. The fourth-order valence-electron chi connectivity index (χ4n) is 5.16. The van der Waals surface area contributed by atoms with E-state index in [2.05, 4.69) is 5.32 Å². The van der Waals surface area contributed by atoms with E-state index in [4.69, 9.17) is 9.47 Å². The Morgan fingerprint density at radius 1 is 0.897 bits per heavy atom. The van der Waals surface area contributed by atoms with Gasteiger partial charge >= 0.3 is 0 Å². The molecular formula is C31H32N2O6. The molecule has 3 aromatic rings. The van der Waals surface area contributed by atoms with E-state index in [1.54, 1.807) is 54.6 Å². The van der Waals surface area contributed by atoms with Crippen LogP contribution in [0.4, 0.5) is 5.69 Å². The maximum Gasteiger partial charge on any atom is 0.272 e. The molecule has 5 rings (SSSR count).